The van der Waals surface area contributed by atoms with Crippen LogP contribution in [0.2, 0.25) is 0 Å². The third kappa shape index (κ3) is 5.10. The number of imidazole rings is 1. The first-order valence-corrected chi connectivity index (χ1v) is 13.2. The Hall–Kier alpha value is -4.82. The Kier molecular flexibility index (Phi) is 7.19. The molecule has 4 aromatic rings. The van der Waals surface area contributed by atoms with Gasteiger partial charge in [0.05, 0.1) is 22.8 Å². The van der Waals surface area contributed by atoms with Gasteiger partial charge < -0.3 is 24.6 Å². The molecule has 3 heterocycles. The summed E-state index contributed by atoms with van der Waals surface area (Å²) in [7, 11) is 1.50. The summed E-state index contributed by atoms with van der Waals surface area (Å²) in [6.45, 7) is 6.60. The molecule has 2 aromatic heterocycles. The number of fused-ring (bicyclic) bond motifs is 1. The number of likely N-dealkylation sites (tertiary alicyclic amines) is 1. The highest BCUT2D eigenvalue weighted by Gasteiger charge is 2.32. The Bertz CT molecular complexity index is 1740. The van der Waals surface area contributed by atoms with Crippen LogP contribution in [0, 0.1) is 11.3 Å². The molecule has 0 radical (unpaired) electrons. The number of nitriles is 1. The SMILES string of the molecule is COCOc1cc(-n2c(=O)n(C3CCN(C(=O)O)C3)c3nc(C(C)(C)C)ccc32)ccc1-c1ccc(O)c(C#N)c1. The van der Waals surface area contributed by atoms with E-state index in [2.05, 4.69) is 0 Å². The number of rotatable bonds is 6. The van der Waals surface area contributed by atoms with Crippen LogP contribution in [0.4, 0.5) is 4.79 Å². The molecule has 11 heteroatoms. The smallest absolute Gasteiger partial charge is 0.407 e. The van der Waals surface area contributed by atoms with Gasteiger partial charge in [-0.15, -0.1) is 0 Å². The number of hydrogen-bond donors (Lipinski definition) is 2. The van der Waals surface area contributed by atoms with Crippen molar-refractivity contribution in [1.82, 2.24) is 19.0 Å². The number of methoxy groups -OCH3 is 1. The minimum atomic E-state index is -1.02. The highest BCUT2D eigenvalue weighted by Crippen LogP contribution is 2.35. The number of hydrogen-bond acceptors (Lipinski definition) is 7. The number of aromatic hydroxyl groups is 1. The van der Waals surface area contributed by atoms with Crippen LogP contribution in [0.1, 0.15) is 44.5 Å². The van der Waals surface area contributed by atoms with Gasteiger partial charge in [-0.3, -0.25) is 9.13 Å². The standard InChI is InChI=1S/C30H31N5O6/c1-30(2,3)26-10-8-23-27(32-26)35(21-11-12-33(16-21)29(38)39)28(37)34(23)20-6-7-22(25(14-20)41-17-40-4)18-5-9-24(36)19(13-18)15-31/h5-10,13-14,21,36H,11-12,16-17H2,1-4H3,(H,38,39). The lowest BCUT2D eigenvalue weighted by atomic mass is 9.92. The first-order chi connectivity index (χ1) is 19.5. The number of pyridine rings is 1. The number of amides is 1. The molecule has 1 saturated heterocycles. The molecule has 1 fully saturated rings. The topological polar surface area (TPSA) is 143 Å². The number of ether oxygens (including phenoxy) is 2. The summed E-state index contributed by atoms with van der Waals surface area (Å²) in [5.74, 6) is 0.283. The van der Waals surface area contributed by atoms with Crippen molar-refractivity contribution >= 4 is 17.3 Å². The van der Waals surface area contributed by atoms with E-state index in [1.807, 2.05) is 39.0 Å². The van der Waals surface area contributed by atoms with Gasteiger partial charge in [0.1, 0.15) is 17.6 Å². The molecule has 0 spiro atoms. The fourth-order valence-electron chi connectivity index (χ4n) is 5.14. The Morgan fingerprint density at radius 3 is 2.61 bits per heavy atom. The zero-order chi connectivity index (χ0) is 29.5. The first-order valence-electron chi connectivity index (χ1n) is 13.2. The van der Waals surface area contributed by atoms with Crippen LogP contribution in [0.15, 0.2) is 53.3 Å². The molecule has 1 unspecified atom stereocenters. The summed E-state index contributed by atoms with van der Waals surface area (Å²) in [6.07, 6.45) is -0.521. The van der Waals surface area contributed by atoms with E-state index in [9.17, 15) is 25.1 Å². The number of phenols is 1. The van der Waals surface area contributed by atoms with Gasteiger partial charge in [0.25, 0.3) is 0 Å². The van der Waals surface area contributed by atoms with Gasteiger partial charge >= 0.3 is 11.8 Å². The minimum Gasteiger partial charge on any atom is -0.507 e. The average Bonchev–Trinajstić information content (AvgIpc) is 3.53. The zero-order valence-corrected chi connectivity index (χ0v) is 23.3. The van der Waals surface area contributed by atoms with Crippen molar-refractivity contribution < 1.29 is 24.5 Å². The molecule has 41 heavy (non-hydrogen) atoms. The van der Waals surface area contributed by atoms with Crippen molar-refractivity contribution in [2.45, 2.75) is 38.6 Å². The second kappa shape index (κ2) is 10.6. The van der Waals surface area contributed by atoms with Crippen molar-refractivity contribution in [3.05, 3.63) is 70.3 Å². The zero-order valence-electron chi connectivity index (χ0n) is 23.3. The molecule has 1 aliphatic rings. The van der Waals surface area contributed by atoms with Gasteiger partial charge in [0.15, 0.2) is 12.4 Å². The molecule has 0 aliphatic carbocycles. The van der Waals surface area contributed by atoms with Gasteiger partial charge in [0, 0.05) is 42.9 Å². The van der Waals surface area contributed by atoms with Crippen LogP contribution in [0.5, 0.6) is 11.5 Å². The predicted octanol–water partition coefficient (Wildman–Crippen LogP) is 4.64. The molecule has 1 amide bonds. The molecule has 5 rings (SSSR count). The number of phenolic OH excluding ortho intramolecular Hbond substituents is 1. The van der Waals surface area contributed by atoms with Crippen LogP contribution < -0.4 is 10.4 Å². The van der Waals surface area contributed by atoms with Crippen LogP contribution >= 0.6 is 0 Å². The van der Waals surface area contributed by atoms with Gasteiger partial charge in [-0.05, 0) is 48.4 Å². The van der Waals surface area contributed by atoms with Crippen molar-refractivity contribution in [1.29, 1.82) is 5.26 Å². The molecular weight excluding hydrogens is 526 g/mol. The monoisotopic (exact) mass is 557 g/mol. The van der Waals surface area contributed by atoms with E-state index in [0.29, 0.717) is 46.7 Å². The largest absolute Gasteiger partial charge is 0.507 e. The molecule has 0 saturated carbocycles. The Morgan fingerprint density at radius 1 is 1.17 bits per heavy atom. The lowest BCUT2D eigenvalue weighted by molar-refractivity contribution is 0.0515. The predicted molar refractivity (Wildman–Crippen MR) is 152 cm³/mol. The maximum atomic E-state index is 14.1. The fourth-order valence-corrected chi connectivity index (χ4v) is 5.14. The molecule has 212 valence electrons. The van der Waals surface area contributed by atoms with Gasteiger partial charge in [-0.25, -0.2) is 14.6 Å². The number of carboxylic acid groups (broad SMARTS) is 1. The van der Waals surface area contributed by atoms with Crippen molar-refractivity contribution in [2.24, 2.45) is 0 Å². The van der Waals surface area contributed by atoms with Crippen LogP contribution in [0.25, 0.3) is 28.0 Å². The summed E-state index contributed by atoms with van der Waals surface area (Å²) in [5, 5.41) is 28.9. The highest BCUT2D eigenvalue weighted by atomic mass is 16.7. The number of benzene rings is 2. The molecule has 2 aromatic carbocycles. The normalized spacial score (nSPS) is 15.3. The number of nitrogens with zero attached hydrogens (tertiary/aromatic N) is 5. The van der Waals surface area contributed by atoms with Gasteiger partial charge in [0.2, 0.25) is 0 Å². The summed E-state index contributed by atoms with van der Waals surface area (Å²) >= 11 is 0. The molecule has 1 atom stereocenters. The van der Waals surface area contributed by atoms with E-state index in [1.165, 1.54) is 18.1 Å². The minimum absolute atomic E-state index is 0.0557. The van der Waals surface area contributed by atoms with E-state index in [1.54, 1.807) is 39.5 Å². The maximum Gasteiger partial charge on any atom is 0.407 e. The van der Waals surface area contributed by atoms with E-state index in [4.69, 9.17) is 14.5 Å². The summed E-state index contributed by atoms with van der Waals surface area (Å²) in [6, 6.07) is 15.3. The van der Waals surface area contributed by atoms with E-state index >= 15 is 0 Å². The van der Waals surface area contributed by atoms with E-state index < -0.39 is 6.09 Å². The second-order valence-electron chi connectivity index (χ2n) is 11.0. The van der Waals surface area contributed by atoms with E-state index in [-0.39, 0.29) is 41.8 Å². The Balaban J connectivity index is 1.70. The van der Waals surface area contributed by atoms with Crippen LogP contribution in [0.3, 0.4) is 0 Å². The maximum absolute atomic E-state index is 14.1. The third-order valence-electron chi connectivity index (χ3n) is 7.27. The Labute approximate surface area is 236 Å². The average molecular weight is 558 g/mol. The van der Waals surface area contributed by atoms with Crippen molar-refractivity contribution in [2.75, 3.05) is 27.0 Å². The Morgan fingerprint density at radius 2 is 1.95 bits per heavy atom. The molecule has 2 N–H and O–H groups in total. The molecule has 11 nitrogen and oxygen atoms in total. The quantitative estimate of drug-likeness (QED) is 0.327. The summed E-state index contributed by atoms with van der Waals surface area (Å²) in [5.41, 5.74) is 3.20. The van der Waals surface area contributed by atoms with Gasteiger partial charge in [-0.1, -0.05) is 26.8 Å². The first kappa shape index (κ1) is 27.7. The fraction of sp³-hybridized carbons (Fsp3) is 0.333. The molecule has 1 aliphatic heterocycles. The summed E-state index contributed by atoms with van der Waals surface area (Å²) < 4.78 is 14.2. The lowest BCUT2D eigenvalue weighted by Gasteiger charge is -2.18. The van der Waals surface area contributed by atoms with Crippen LogP contribution in [-0.2, 0) is 10.2 Å². The van der Waals surface area contributed by atoms with E-state index in [0.717, 1.165) is 5.69 Å². The number of aromatic nitrogens is 3. The highest BCUT2D eigenvalue weighted by molar-refractivity contribution is 5.78. The third-order valence-corrected chi connectivity index (χ3v) is 7.27. The van der Waals surface area contributed by atoms with Crippen molar-refractivity contribution in [3.8, 4) is 34.4 Å². The second-order valence-corrected chi connectivity index (χ2v) is 11.0. The number of carbonyl (C=O) groups is 1. The van der Waals surface area contributed by atoms with Crippen LogP contribution in [-0.4, -0.2) is 62.3 Å². The lowest BCUT2D eigenvalue weighted by Crippen LogP contribution is -2.31. The van der Waals surface area contributed by atoms with Gasteiger partial charge in [-0.2, -0.15) is 5.26 Å². The molecule has 0 bridgehead atoms. The summed E-state index contributed by atoms with van der Waals surface area (Å²) in [4.78, 5) is 32.0. The molecular formula is C30H31N5O6. The van der Waals surface area contributed by atoms with Crippen molar-refractivity contribution in [3.63, 3.8) is 0 Å².